The number of ketones is 1. The average molecular weight is 344 g/mol. The molecule has 0 saturated carbocycles. The van der Waals surface area contributed by atoms with Gasteiger partial charge in [0.2, 0.25) is 0 Å². The van der Waals surface area contributed by atoms with Gasteiger partial charge in [-0.05, 0) is 49.5 Å². The van der Waals surface area contributed by atoms with Crippen LogP contribution in [0.4, 0.5) is 11.4 Å². The average Bonchev–Trinajstić information content (AvgIpc) is 2.62. The molecule has 4 nitrogen and oxygen atoms in total. The van der Waals surface area contributed by atoms with Crippen LogP contribution in [0.25, 0.3) is 0 Å². The van der Waals surface area contributed by atoms with E-state index in [4.69, 9.17) is 11.6 Å². The van der Waals surface area contributed by atoms with E-state index in [1.54, 1.807) is 7.05 Å². The van der Waals surface area contributed by atoms with Crippen molar-refractivity contribution in [2.45, 2.75) is 0 Å². The van der Waals surface area contributed by atoms with E-state index in [0.717, 1.165) is 36.8 Å². The molecule has 1 fully saturated rings. The Morgan fingerprint density at radius 3 is 2.21 bits per heavy atom. The number of hydrogen-bond acceptors (Lipinski definition) is 4. The van der Waals surface area contributed by atoms with Crippen molar-refractivity contribution in [2.75, 3.05) is 49.6 Å². The molecule has 0 spiro atoms. The van der Waals surface area contributed by atoms with Gasteiger partial charge >= 0.3 is 0 Å². The first-order valence-electron chi connectivity index (χ1n) is 8.21. The molecule has 3 rings (SSSR count). The molecule has 1 aliphatic heterocycles. The normalized spacial score (nSPS) is 14.8. The first-order valence-corrected chi connectivity index (χ1v) is 8.58. The molecular weight excluding hydrogens is 322 g/mol. The quantitative estimate of drug-likeness (QED) is 0.846. The van der Waals surface area contributed by atoms with E-state index in [9.17, 15) is 4.79 Å². The highest BCUT2D eigenvalue weighted by atomic mass is 35.5. The molecule has 1 saturated heterocycles. The Balaban J connectivity index is 1.61. The summed E-state index contributed by atoms with van der Waals surface area (Å²) in [5.41, 5.74) is 3.10. The monoisotopic (exact) mass is 343 g/mol. The van der Waals surface area contributed by atoms with Gasteiger partial charge in [0.15, 0.2) is 5.78 Å². The fraction of sp³-hybridized carbons (Fsp3) is 0.316. The van der Waals surface area contributed by atoms with Crippen LogP contribution in [-0.4, -0.2) is 45.6 Å². The summed E-state index contributed by atoms with van der Waals surface area (Å²) in [6.45, 7) is 4.20. The highest BCUT2D eigenvalue weighted by Crippen LogP contribution is 2.23. The minimum atomic E-state index is 0.120. The maximum Gasteiger partial charge on any atom is 0.176 e. The number of carbonyl (C=O) groups is 1. The molecule has 2 aromatic carbocycles. The van der Waals surface area contributed by atoms with Crippen molar-refractivity contribution >= 4 is 28.8 Å². The summed E-state index contributed by atoms with van der Waals surface area (Å²) in [4.78, 5) is 16.6. The second kappa shape index (κ2) is 7.69. The molecule has 1 N–H and O–H groups in total. The van der Waals surface area contributed by atoms with E-state index in [0.29, 0.717) is 6.54 Å². The summed E-state index contributed by atoms with van der Waals surface area (Å²) < 4.78 is 0. The van der Waals surface area contributed by atoms with E-state index in [1.165, 1.54) is 11.4 Å². The lowest BCUT2D eigenvalue weighted by Crippen LogP contribution is -2.46. The molecule has 0 aromatic heterocycles. The van der Waals surface area contributed by atoms with Crippen LogP contribution in [0.15, 0.2) is 48.5 Å². The minimum absolute atomic E-state index is 0.120. The van der Waals surface area contributed by atoms with Crippen molar-refractivity contribution in [1.29, 1.82) is 0 Å². The number of hydrogen-bond donors (Lipinski definition) is 1. The maximum absolute atomic E-state index is 11.9. The molecule has 1 aliphatic rings. The summed E-state index contributed by atoms with van der Waals surface area (Å²) in [6, 6.07) is 15.9. The number of rotatable bonds is 5. The molecule has 126 valence electrons. The fourth-order valence-corrected chi connectivity index (χ4v) is 3.20. The molecule has 1 heterocycles. The third-order valence-electron chi connectivity index (χ3n) is 4.34. The van der Waals surface area contributed by atoms with Gasteiger partial charge in [-0.2, -0.15) is 0 Å². The highest BCUT2D eigenvalue weighted by molar-refractivity contribution is 6.30. The van der Waals surface area contributed by atoms with E-state index in [2.05, 4.69) is 21.2 Å². The van der Waals surface area contributed by atoms with Gasteiger partial charge in [0, 0.05) is 48.1 Å². The Kier molecular flexibility index (Phi) is 5.38. The smallest absolute Gasteiger partial charge is 0.176 e. The lowest BCUT2D eigenvalue weighted by Gasteiger charge is -2.37. The largest absolute Gasteiger partial charge is 0.368 e. The van der Waals surface area contributed by atoms with Gasteiger partial charge in [-0.25, -0.2) is 0 Å². The van der Waals surface area contributed by atoms with Gasteiger partial charge in [0.05, 0.1) is 6.54 Å². The Morgan fingerprint density at radius 1 is 1.00 bits per heavy atom. The Labute approximate surface area is 148 Å². The topological polar surface area (TPSA) is 35.6 Å². The maximum atomic E-state index is 11.9. The van der Waals surface area contributed by atoms with Crippen LogP contribution < -0.4 is 15.1 Å². The van der Waals surface area contributed by atoms with Crippen LogP contribution in [-0.2, 0) is 0 Å². The summed E-state index contributed by atoms with van der Waals surface area (Å²) in [5, 5.41) is 3.67. The lowest BCUT2D eigenvalue weighted by atomic mass is 10.1. The number of halogens is 1. The number of benzene rings is 2. The Morgan fingerprint density at radius 2 is 1.62 bits per heavy atom. The van der Waals surface area contributed by atoms with Crippen molar-refractivity contribution < 1.29 is 4.79 Å². The second-order valence-electron chi connectivity index (χ2n) is 5.95. The Bertz CT molecular complexity index is 694. The number of nitrogens with one attached hydrogen (secondary N) is 1. The molecule has 24 heavy (non-hydrogen) atoms. The van der Waals surface area contributed by atoms with Crippen molar-refractivity contribution in [3.63, 3.8) is 0 Å². The van der Waals surface area contributed by atoms with Gasteiger partial charge in [0.1, 0.15) is 0 Å². The van der Waals surface area contributed by atoms with Crippen LogP contribution in [0.2, 0.25) is 5.02 Å². The minimum Gasteiger partial charge on any atom is -0.368 e. The molecule has 2 aromatic rings. The molecule has 0 amide bonds. The third kappa shape index (κ3) is 3.89. The molecule has 0 aliphatic carbocycles. The number of carbonyl (C=O) groups excluding carboxylic acids is 1. The third-order valence-corrected chi connectivity index (χ3v) is 4.58. The van der Waals surface area contributed by atoms with Gasteiger partial charge in [0.25, 0.3) is 0 Å². The van der Waals surface area contributed by atoms with Crippen LogP contribution in [0, 0.1) is 0 Å². The molecule has 0 bridgehead atoms. The fourth-order valence-electron chi connectivity index (χ4n) is 3.02. The van der Waals surface area contributed by atoms with Crippen LogP contribution >= 0.6 is 11.6 Å². The zero-order chi connectivity index (χ0) is 16.9. The number of likely N-dealkylation sites (N-methyl/N-ethyl adjacent to an activating group) is 1. The predicted molar refractivity (Wildman–Crippen MR) is 101 cm³/mol. The summed E-state index contributed by atoms with van der Waals surface area (Å²) in [6.07, 6.45) is 0. The molecule has 0 atom stereocenters. The predicted octanol–water partition coefficient (Wildman–Crippen LogP) is 3.07. The zero-order valence-corrected chi connectivity index (χ0v) is 14.6. The Hall–Kier alpha value is -2.04. The first-order chi connectivity index (χ1) is 11.7. The van der Waals surface area contributed by atoms with Crippen molar-refractivity contribution in [3.8, 4) is 0 Å². The van der Waals surface area contributed by atoms with E-state index >= 15 is 0 Å². The van der Waals surface area contributed by atoms with E-state index in [-0.39, 0.29) is 5.78 Å². The van der Waals surface area contributed by atoms with Crippen molar-refractivity contribution in [1.82, 2.24) is 5.32 Å². The van der Waals surface area contributed by atoms with Gasteiger partial charge in [-0.3, -0.25) is 4.79 Å². The number of piperazine rings is 1. The number of Topliss-reactive ketones (excluding diaryl/α,β-unsaturated/α-hetero) is 1. The lowest BCUT2D eigenvalue weighted by molar-refractivity contribution is 0.0993. The summed E-state index contributed by atoms with van der Waals surface area (Å²) in [5.74, 6) is 0.120. The van der Waals surface area contributed by atoms with Crippen LogP contribution in [0.1, 0.15) is 10.4 Å². The molecule has 5 heteroatoms. The van der Waals surface area contributed by atoms with Gasteiger partial charge in [-0.1, -0.05) is 17.7 Å². The number of anilines is 2. The van der Waals surface area contributed by atoms with Crippen LogP contribution in [0.3, 0.4) is 0 Å². The molecular formula is C19H22ClN3O. The summed E-state index contributed by atoms with van der Waals surface area (Å²) >= 11 is 6.08. The second-order valence-corrected chi connectivity index (χ2v) is 6.39. The van der Waals surface area contributed by atoms with Gasteiger partial charge in [-0.15, -0.1) is 0 Å². The van der Waals surface area contributed by atoms with Crippen LogP contribution in [0.5, 0.6) is 0 Å². The standard InChI is InChI=1S/C19H22ClN3O/c1-21-14-19(24)15-5-7-17(8-6-15)22-9-11-23(12-10-22)18-4-2-3-16(20)13-18/h2-8,13,21H,9-12,14H2,1H3. The van der Waals surface area contributed by atoms with Crippen molar-refractivity contribution in [3.05, 3.63) is 59.1 Å². The number of nitrogens with zero attached hydrogens (tertiary/aromatic N) is 2. The van der Waals surface area contributed by atoms with Crippen molar-refractivity contribution in [2.24, 2.45) is 0 Å². The first kappa shape index (κ1) is 16.8. The van der Waals surface area contributed by atoms with E-state index in [1.807, 2.05) is 42.5 Å². The van der Waals surface area contributed by atoms with Gasteiger partial charge < -0.3 is 15.1 Å². The molecule has 0 radical (unpaired) electrons. The SMILES string of the molecule is CNCC(=O)c1ccc(N2CCN(c3cccc(Cl)c3)CC2)cc1. The summed E-state index contributed by atoms with van der Waals surface area (Å²) in [7, 11) is 1.78. The zero-order valence-electron chi connectivity index (χ0n) is 13.8. The highest BCUT2D eigenvalue weighted by Gasteiger charge is 2.18. The molecule has 0 unspecified atom stereocenters. The van der Waals surface area contributed by atoms with E-state index < -0.39 is 0 Å².